The van der Waals surface area contributed by atoms with E-state index in [9.17, 15) is 13.2 Å². The van der Waals surface area contributed by atoms with Crippen LogP contribution in [0.3, 0.4) is 0 Å². The smallest absolute Gasteiger partial charge is 0.336 e. The summed E-state index contributed by atoms with van der Waals surface area (Å²) in [6.45, 7) is 2.37. The lowest BCUT2D eigenvalue weighted by molar-refractivity contribution is 0.344. The molecule has 0 aliphatic heterocycles. The van der Waals surface area contributed by atoms with Gasteiger partial charge in [0.15, 0.2) is 0 Å². The van der Waals surface area contributed by atoms with Gasteiger partial charge < -0.3 is 9.15 Å². The van der Waals surface area contributed by atoms with Gasteiger partial charge in [-0.25, -0.2) is 13.2 Å². The molecule has 4 aromatic rings. The maximum absolute atomic E-state index is 13.0. The van der Waals surface area contributed by atoms with Crippen molar-refractivity contribution in [2.45, 2.75) is 11.8 Å². The minimum atomic E-state index is -3.85. The van der Waals surface area contributed by atoms with Crippen LogP contribution in [-0.4, -0.2) is 15.0 Å². The van der Waals surface area contributed by atoms with Crippen LogP contribution in [0.2, 0.25) is 0 Å². The Balaban J connectivity index is 1.78. The summed E-state index contributed by atoms with van der Waals surface area (Å²) < 4.78 is 39.4. The van der Waals surface area contributed by atoms with Crippen molar-refractivity contribution >= 4 is 37.5 Å². The zero-order chi connectivity index (χ0) is 19.7. The second-order valence-corrected chi connectivity index (χ2v) is 7.80. The van der Waals surface area contributed by atoms with Crippen molar-refractivity contribution in [3.8, 4) is 5.75 Å². The van der Waals surface area contributed by atoms with E-state index in [1.54, 1.807) is 42.5 Å². The van der Waals surface area contributed by atoms with Crippen molar-refractivity contribution in [2.75, 3.05) is 11.3 Å². The summed E-state index contributed by atoms with van der Waals surface area (Å²) in [5, 5.41) is 1.93. The van der Waals surface area contributed by atoms with E-state index in [4.69, 9.17) is 9.15 Å². The fraction of sp³-hybridized carbons (Fsp3) is 0.0952. The molecule has 0 bridgehead atoms. The first kappa shape index (κ1) is 18.1. The van der Waals surface area contributed by atoms with E-state index in [2.05, 4.69) is 4.72 Å². The zero-order valence-electron chi connectivity index (χ0n) is 15.0. The number of benzene rings is 3. The average Bonchev–Trinajstić information content (AvgIpc) is 2.68. The molecule has 0 saturated carbocycles. The van der Waals surface area contributed by atoms with Crippen molar-refractivity contribution in [1.82, 2.24) is 0 Å². The summed E-state index contributed by atoms with van der Waals surface area (Å²) in [5.41, 5.74) is 0.308. The van der Waals surface area contributed by atoms with Crippen molar-refractivity contribution in [2.24, 2.45) is 0 Å². The van der Waals surface area contributed by atoms with Gasteiger partial charge in [0.05, 0.1) is 11.5 Å². The van der Waals surface area contributed by atoms with E-state index in [0.717, 1.165) is 5.39 Å². The maximum atomic E-state index is 13.0. The second-order valence-electron chi connectivity index (χ2n) is 6.15. The van der Waals surface area contributed by atoms with Gasteiger partial charge in [0.2, 0.25) is 0 Å². The van der Waals surface area contributed by atoms with Crippen LogP contribution in [0.15, 0.2) is 80.8 Å². The summed E-state index contributed by atoms with van der Waals surface area (Å²) in [6, 6.07) is 18.0. The molecule has 0 aliphatic carbocycles. The molecule has 0 fully saturated rings. The average molecular weight is 395 g/mol. The zero-order valence-corrected chi connectivity index (χ0v) is 15.8. The van der Waals surface area contributed by atoms with Crippen LogP contribution >= 0.6 is 0 Å². The molecule has 28 heavy (non-hydrogen) atoms. The molecule has 4 rings (SSSR count). The van der Waals surface area contributed by atoms with E-state index in [1.165, 1.54) is 12.1 Å². The molecule has 1 N–H and O–H groups in total. The fourth-order valence-electron chi connectivity index (χ4n) is 3.10. The number of fused-ring (bicyclic) bond motifs is 2. The van der Waals surface area contributed by atoms with Gasteiger partial charge in [-0.05, 0) is 43.3 Å². The molecule has 3 aromatic carbocycles. The number of sulfonamides is 1. The van der Waals surface area contributed by atoms with Gasteiger partial charge in [-0.3, -0.25) is 4.72 Å². The monoisotopic (exact) mass is 395 g/mol. The predicted molar refractivity (Wildman–Crippen MR) is 108 cm³/mol. The number of hydrogen-bond donors (Lipinski definition) is 1. The standard InChI is InChI=1S/C21H17NO5S/c1-2-26-19-10-11-20(17-6-4-3-5-16(17)19)28(24,25)22-15-8-9-18-14(13-15)7-12-21(23)27-18/h3-13,22H,2H2,1H3. The molecule has 0 radical (unpaired) electrons. The molecule has 1 aromatic heterocycles. The normalized spacial score (nSPS) is 11.6. The van der Waals surface area contributed by atoms with Gasteiger partial charge in [0, 0.05) is 27.9 Å². The molecular formula is C21H17NO5S. The summed E-state index contributed by atoms with van der Waals surface area (Å²) in [4.78, 5) is 11.5. The first-order valence-electron chi connectivity index (χ1n) is 8.69. The van der Waals surface area contributed by atoms with Gasteiger partial charge in [0.25, 0.3) is 10.0 Å². The Morgan fingerprint density at radius 2 is 1.75 bits per heavy atom. The van der Waals surface area contributed by atoms with E-state index < -0.39 is 15.6 Å². The van der Waals surface area contributed by atoms with Gasteiger partial charge >= 0.3 is 5.63 Å². The van der Waals surface area contributed by atoms with Crippen LogP contribution in [-0.2, 0) is 10.0 Å². The lowest BCUT2D eigenvalue weighted by Crippen LogP contribution is -2.13. The molecule has 0 aliphatic rings. The highest BCUT2D eigenvalue weighted by Gasteiger charge is 2.19. The van der Waals surface area contributed by atoms with E-state index in [-0.39, 0.29) is 4.90 Å². The first-order valence-corrected chi connectivity index (χ1v) is 10.2. The molecule has 7 heteroatoms. The van der Waals surface area contributed by atoms with Crippen LogP contribution < -0.4 is 15.1 Å². The third-order valence-electron chi connectivity index (χ3n) is 4.30. The number of rotatable bonds is 5. The van der Waals surface area contributed by atoms with E-state index in [0.29, 0.717) is 34.4 Å². The first-order chi connectivity index (χ1) is 13.5. The van der Waals surface area contributed by atoms with Gasteiger partial charge in [-0.15, -0.1) is 0 Å². The molecule has 0 amide bonds. The highest BCUT2D eigenvalue weighted by molar-refractivity contribution is 7.93. The minimum absolute atomic E-state index is 0.159. The van der Waals surface area contributed by atoms with Crippen molar-refractivity contribution < 1.29 is 17.6 Å². The number of nitrogens with one attached hydrogen (secondary N) is 1. The molecule has 1 heterocycles. The Kier molecular flexibility index (Phi) is 4.52. The Hall–Kier alpha value is -3.32. The van der Waals surface area contributed by atoms with Crippen molar-refractivity contribution in [3.63, 3.8) is 0 Å². The molecular weight excluding hydrogens is 378 g/mol. The van der Waals surface area contributed by atoms with Crippen LogP contribution in [0, 0.1) is 0 Å². The lowest BCUT2D eigenvalue weighted by atomic mass is 10.1. The minimum Gasteiger partial charge on any atom is -0.493 e. The summed E-state index contributed by atoms with van der Waals surface area (Å²) in [6.07, 6.45) is 0. The highest BCUT2D eigenvalue weighted by Crippen LogP contribution is 2.32. The summed E-state index contributed by atoms with van der Waals surface area (Å²) >= 11 is 0. The largest absolute Gasteiger partial charge is 0.493 e. The lowest BCUT2D eigenvalue weighted by Gasteiger charge is -2.13. The third kappa shape index (κ3) is 3.32. The Morgan fingerprint density at radius 1 is 0.964 bits per heavy atom. The molecule has 142 valence electrons. The quantitative estimate of drug-likeness (QED) is 0.513. The Bertz CT molecular complexity index is 1340. The predicted octanol–water partition coefficient (Wildman–Crippen LogP) is 4.15. The van der Waals surface area contributed by atoms with Crippen molar-refractivity contribution in [1.29, 1.82) is 0 Å². The van der Waals surface area contributed by atoms with Crippen LogP contribution in [0.25, 0.3) is 21.7 Å². The Labute approximate surface area is 161 Å². The van der Waals surface area contributed by atoms with E-state index in [1.807, 2.05) is 19.1 Å². The maximum Gasteiger partial charge on any atom is 0.336 e. The van der Waals surface area contributed by atoms with Gasteiger partial charge in [-0.2, -0.15) is 0 Å². The second kappa shape index (κ2) is 7.01. The molecule has 0 unspecified atom stereocenters. The number of hydrogen-bond acceptors (Lipinski definition) is 5. The van der Waals surface area contributed by atoms with Crippen LogP contribution in [0.1, 0.15) is 6.92 Å². The highest BCUT2D eigenvalue weighted by atomic mass is 32.2. The van der Waals surface area contributed by atoms with Crippen LogP contribution in [0.5, 0.6) is 5.75 Å². The van der Waals surface area contributed by atoms with Crippen molar-refractivity contribution in [3.05, 3.63) is 77.2 Å². The van der Waals surface area contributed by atoms with Gasteiger partial charge in [0.1, 0.15) is 11.3 Å². The SMILES string of the molecule is CCOc1ccc(S(=O)(=O)Nc2ccc3oc(=O)ccc3c2)c2ccccc12. The molecule has 0 atom stereocenters. The third-order valence-corrected chi connectivity index (χ3v) is 5.74. The topological polar surface area (TPSA) is 85.6 Å². The molecule has 0 saturated heterocycles. The number of anilines is 1. The molecule has 6 nitrogen and oxygen atoms in total. The fourth-order valence-corrected chi connectivity index (χ4v) is 4.37. The number of ether oxygens (including phenoxy) is 1. The van der Waals surface area contributed by atoms with Gasteiger partial charge in [-0.1, -0.05) is 24.3 Å². The summed E-state index contributed by atoms with van der Waals surface area (Å²) in [7, 11) is -3.85. The van der Waals surface area contributed by atoms with Crippen LogP contribution in [0.4, 0.5) is 5.69 Å². The molecule has 0 spiro atoms. The summed E-state index contributed by atoms with van der Waals surface area (Å²) in [5.74, 6) is 0.637. The Morgan fingerprint density at radius 3 is 2.54 bits per heavy atom. The van der Waals surface area contributed by atoms with E-state index >= 15 is 0 Å².